The van der Waals surface area contributed by atoms with Gasteiger partial charge in [0.05, 0.1) is 11.0 Å². The van der Waals surface area contributed by atoms with Crippen molar-refractivity contribution in [1.29, 1.82) is 0 Å². The fraction of sp³-hybridized carbons (Fsp3) is 0. The number of hydrogen-bond acceptors (Lipinski definition) is 0. The highest BCUT2D eigenvalue weighted by Crippen LogP contribution is 2.42. The zero-order valence-electron chi connectivity index (χ0n) is 31.3. The lowest BCUT2D eigenvalue weighted by atomic mass is 9.92. The highest BCUT2D eigenvalue weighted by Gasteiger charge is 2.18. The van der Waals surface area contributed by atoms with Gasteiger partial charge in [-0.25, -0.2) is 0 Å². The van der Waals surface area contributed by atoms with E-state index in [0.717, 1.165) is 5.69 Å². The molecule has 0 unspecified atom stereocenters. The molecule has 0 saturated heterocycles. The van der Waals surface area contributed by atoms with Crippen molar-refractivity contribution in [2.75, 3.05) is 0 Å². The highest BCUT2D eigenvalue weighted by molar-refractivity contribution is 6.14. The first kappa shape index (κ1) is 32.9. The summed E-state index contributed by atoms with van der Waals surface area (Å²) in [6.45, 7) is 0. The molecule has 1 nitrogen and oxygen atoms in total. The lowest BCUT2D eigenvalue weighted by Gasteiger charge is -2.13. The van der Waals surface area contributed by atoms with Crippen LogP contribution in [0.15, 0.2) is 224 Å². The molecule has 0 bridgehead atoms. The zero-order valence-corrected chi connectivity index (χ0v) is 31.3. The molecule has 0 aliphatic heterocycles. The molecule has 0 spiro atoms. The quantitative estimate of drug-likeness (QED) is 0.151. The molecule has 11 rings (SSSR count). The van der Waals surface area contributed by atoms with Crippen molar-refractivity contribution in [3.63, 3.8) is 0 Å². The predicted molar refractivity (Wildman–Crippen MR) is 243 cm³/mol. The average Bonchev–Trinajstić information content (AvgIpc) is 3.62. The summed E-state index contributed by atoms with van der Waals surface area (Å²) in [7, 11) is 0. The minimum atomic E-state index is 1.14. The molecule has 10 aromatic carbocycles. The summed E-state index contributed by atoms with van der Waals surface area (Å²) in [6.07, 6.45) is 0. The van der Waals surface area contributed by atoms with Crippen LogP contribution < -0.4 is 0 Å². The normalized spacial score (nSPS) is 11.5. The molecule has 266 valence electrons. The van der Waals surface area contributed by atoms with Gasteiger partial charge in [0.25, 0.3) is 0 Å². The zero-order chi connectivity index (χ0) is 37.7. The second kappa shape index (κ2) is 13.7. The summed E-state index contributed by atoms with van der Waals surface area (Å²) in [5, 5.41) is 7.56. The van der Waals surface area contributed by atoms with E-state index >= 15 is 0 Å². The molecule has 0 N–H and O–H groups in total. The van der Waals surface area contributed by atoms with E-state index in [1.807, 2.05) is 0 Å². The molecule has 0 atom stereocenters. The van der Waals surface area contributed by atoms with E-state index < -0.39 is 0 Å². The van der Waals surface area contributed by atoms with Crippen LogP contribution in [0.4, 0.5) is 0 Å². The largest absolute Gasteiger partial charge is 0.309 e. The fourth-order valence-corrected chi connectivity index (χ4v) is 8.93. The second-order valence-corrected chi connectivity index (χ2v) is 14.9. The Hall–Kier alpha value is -7.48. The van der Waals surface area contributed by atoms with Gasteiger partial charge in [-0.2, -0.15) is 0 Å². The highest BCUT2D eigenvalue weighted by atomic mass is 15.0. The van der Waals surface area contributed by atoms with E-state index in [1.165, 1.54) is 99.0 Å². The summed E-state index contributed by atoms with van der Waals surface area (Å²) >= 11 is 0. The van der Waals surface area contributed by atoms with Crippen LogP contribution in [0.2, 0.25) is 0 Å². The summed E-state index contributed by atoms with van der Waals surface area (Å²) in [6, 6.07) is 81.9. The number of rotatable bonds is 6. The summed E-state index contributed by atoms with van der Waals surface area (Å²) < 4.78 is 2.44. The fourth-order valence-electron chi connectivity index (χ4n) is 8.93. The smallest absolute Gasteiger partial charge is 0.0541 e. The Morgan fingerprint density at radius 2 is 0.632 bits per heavy atom. The van der Waals surface area contributed by atoms with Crippen LogP contribution in [0.1, 0.15) is 0 Å². The first-order chi connectivity index (χ1) is 28.3. The van der Waals surface area contributed by atoms with Gasteiger partial charge in [-0.3, -0.25) is 0 Å². The Morgan fingerprint density at radius 1 is 0.228 bits per heavy atom. The Kier molecular flexibility index (Phi) is 7.89. The van der Waals surface area contributed by atoms with Crippen LogP contribution in [0.3, 0.4) is 0 Å². The van der Waals surface area contributed by atoms with E-state index in [0.29, 0.717) is 0 Å². The Balaban J connectivity index is 1.11. The number of nitrogens with zero attached hydrogens (tertiary/aromatic N) is 1. The van der Waals surface area contributed by atoms with Gasteiger partial charge in [0.15, 0.2) is 0 Å². The maximum atomic E-state index is 2.44. The molecule has 0 radical (unpaired) electrons. The number of aromatic nitrogens is 1. The van der Waals surface area contributed by atoms with Crippen LogP contribution in [-0.2, 0) is 0 Å². The molecule has 0 fully saturated rings. The molecule has 0 saturated carbocycles. The van der Waals surface area contributed by atoms with Crippen molar-refractivity contribution in [2.45, 2.75) is 0 Å². The van der Waals surface area contributed by atoms with Crippen molar-refractivity contribution in [2.24, 2.45) is 0 Å². The van der Waals surface area contributed by atoms with Gasteiger partial charge in [0, 0.05) is 16.5 Å². The van der Waals surface area contributed by atoms with Crippen LogP contribution in [0.5, 0.6) is 0 Å². The van der Waals surface area contributed by atoms with E-state index in [9.17, 15) is 0 Å². The van der Waals surface area contributed by atoms with Gasteiger partial charge >= 0.3 is 0 Å². The van der Waals surface area contributed by atoms with Crippen molar-refractivity contribution in [1.82, 2.24) is 4.57 Å². The molecular weight excluding hydrogens is 687 g/mol. The Morgan fingerprint density at radius 3 is 1.18 bits per heavy atom. The third-order valence-corrected chi connectivity index (χ3v) is 11.6. The third kappa shape index (κ3) is 5.63. The molecule has 1 heteroatoms. The summed E-state index contributed by atoms with van der Waals surface area (Å²) in [5.41, 5.74) is 15.7. The standard InChI is InChI=1S/C56H37N/c1-3-15-38(16-4-1)45-20-9-11-22-47(45)42-29-33-55-53(36-42)54-37-43(48-23-12-10-21-46(48)39-17-5-2-6-18-39)30-34-56(54)57(55)44-31-27-40(28-32-44)52-35-41-19-7-8-24-49(41)50-25-13-14-26-51(50)52/h1-37H. The van der Waals surface area contributed by atoms with Crippen LogP contribution in [0.25, 0.3) is 105 Å². The summed E-state index contributed by atoms with van der Waals surface area (Å²) in [4.78, 5) is 0. The van der Waals surface area contributed by atoms with Crippen LogP contribution in [0, 0.1) is 0 Å². The third-order valence-electron chi connectivity index (χ3n) is 11.6. The predicted octanol–water partition coefficient (Wildman–Crippen LogP) is 15.4. The molecule has 0 aliphatic rings. The average molecular weight is 724 g/mol. The number of benzene rings is 10. The van der Waals surface area contributed by atoms with Crippen molar-refractivity contribution >= 4 is 43.4 Å². The van der Waals surface area contributed by atoms with E-state index in [4.69, 9.17) is 0 Å². The topological polar surface area (TPSA) is 4.93 Å². The van der Waals surface area contributed by atoms with Crippen LogP contribution >= 0.6 is 0 Å². The van der Waals surface area contributed by atoms with Gasteiger partial charge in [-0.15, -0.1) is 0 Å². The van der Waals surface area contributed by atoms with Gasteiger partial charge < -0.3 is 4.57 Å². The molecule has 11 aromatic rings. The minimum absolute atomic E-state index is 1.14. The lowest BCUT2D eigenvalue weighted by Crippen LogP contribution is -1.94. The van der Waals surface area contributed by atoms with Gasteiger partial charge in [-0.1, -0.05) is 182 Å². The Bertz CT molecular complexity index is 3120. The molecule has 1 heterocycles. The SMILES string of the molecule is c1ccc(-c2ccccc2-c2ccc3c(c2)c2cc(-c4ccccc4-c4ccccc4)ccc2n3-c2ccc(-c3cc4ccccc4c4ccccc34)cc2)cc1. The first-order valence-corrected chi connectivity index (χ1v) is 19.7. The summed E-state index contributed by atoms with van der Waals surface area (Å²) in [5.74, 6) is 0. The van der Waals surface area contributed by atoms with E-state index in [-0.39, 0.29) is 0 Å². The molecule has 0 aliphatic carbocycles. The van der Waals surface area contributed by atoms with Gasteiger partial charge in [0.2, 0.25) is 0 Å². The Labute approximate surface area is 332 Å². The molecule has 0 amide bonds. The maximum Gasteiger partial charge on any atom is 0.0541 e. The number of hydrogen-bond donors (Lipinski definition) is 0. The maximum absolute atomic E-state index is 2.44. The van der Waals surface area contributed by atoms with Gasteiger partial charge in [-0.05, 0) is 120 Å². The van der Waals surface area contributed by atoms with Crippen LogP contribution in [-0.4, -0.2) is 4.57 Å². The van der Waals surface area contributed by atoms with E-state index in [1.54, 1.807) is 0 Å². The van der Waals surface area contributed by atoms with Crippen molar-refractivity contribution in [3.05, 3.63) is 224 Å². The molecular formula is C56H37N. The van der Waals surface area contributed by atoms with Crippen molar-refractivity contribution in [3.8, 4) is 61.3 Å². The minimum Gasteiger partial charge on any atom is -0.309 e. The number of fused-ring (bicyclic) bond motifs is 6. The van der Waals surface area contributed by atoms with Gasteiger partial charge in [0.1, 0.15) is 0 Å². The molecule has 1 aromatic heterocycles. The lowest BCUT2D eigenvalue weighted by molar-refractivity contribution is 1.18. The monoisotopic (exact) mass is 723 g/mol. The first-order valence-electron chi connectivity index (χ1n) is 19.7. The molecule has 57 heavy (non-hydrogen) atoms. The second-order valence-electron chi connectivity index (χ2n) is 14.9. The van der Waals surface area contributed by atoms with Crippen molar-refractivity contribution < 1.29 is 0 Å². The van der Waals surface area contributed by atoms with E-state index in [2.05, 4.69) is 229 Å².